The van der Waals surface area contributed by atoms with Crippen molar-refractivity contribution < 1.29 is 19.4 Å². The molecular weight excluding hydrogens is 394 g/mol. The second-order valence-corrected chi connectivity index (χ2v) is 8.04. The number of thiocarbonyl (C=S) groups is 1. The highest BCUT2D eigenvalue weighted by Crippen LogP contribution is 2.37. The van der Waals surface area contributed by atoms with Crippen molar-refractivity contribution in [1.29, 1.82) is 0 Å². The van der Waals surface area contributed by atoms with E-state index in [1.807, 2.05) is 44.2 Å². The van der Waals surface area contributed by atoms with Crippen LogP contribution in [0.2, 0.25) is 0 Å². The minimum Gasteiger partial charge on any atom is -0.493 e. The maximum absolute atomic E-state index is 12.9. The molecule has 28 heavy (non-hydrogen) atoms. The minimum absolute atomic E-state index is 0.0529. The Kier molecular flexibility index (Phi) is 6.16. The molecule has 1 N–H and O–H groups in total. The number of benzene rings is 2. The first-order valence-electron chi connectivity index (χ1n) is 8.65. The Morgan fingerprint density at radius 2 is 1.93 bits per heavy atom. The molecule has 2 aromatic rings. The van der Waals surface area contributed by atoms with Crippen molar-refractivity contribution in [3.63, 3.8) is 0 Å². The molecule has 1 fully saturated rings. The molecule has 1 heterocycles. The predicted octanol–water partition coefficient (Wildman–Crippen LogP) is 4.56. The van der Waals surface area contributed by atoms with Crippen LogP contribution in [0, 0.1) is 13.8 Å². The summed E-state index contributed by atoms with van der Waals surface area (Å²) in [5.41, 5.74) is 3.78. The number of carbonyl (C=O) groups excluding carboxylic acids is 1. The standard InChI is InChI=1S/C21H19NO4S2/c1-13-3-8-17(14(2)11-13)22-20(25)18(28-21(22)27)12-15-4-6-16(7-5-15)26-10-9-19(23)24/h3-8,11-12H,9-10H2,1-2H3,(H,23,24)/b18-12+. The maximum Gasteiger partial charge on any atom is 0.306 e. The third-order valence-corrected chi connectivity index (χ3v) is 5.45. The summed E-state index contributed by atoms with van der Waals surface area (Å²) in [6.07, 6.45) is 1.74. The van der Waals surface area contributed by atoms with Crippen LogP contribution in [0.5, 0.6) is 5.75 Å². The van der Waals surface area contributed by atoms with Gasteiger partial charge in [-0.1, -0.05) is 53.8 Å². The molecule has 3 rings (SSSR count). The van der Waals surface area contributed by atoms with Gasteiger partial charge in [-0.2, -0.15) is 0 Å². The fourth-order valence-electron chi connectivity index (χ4n) is 2.80. The molecule has 2 aromatic carbocycles. The average Bonchev–Trinajstić information content (AvgIpc) is 2.90. The lowest BCUT2D eigenvalue weighted by Crippen LogP contribution is -2.28. The number of carboxylic acid groups (broad SMARTS) is 1. The lowest BCUT2D eigenvalue weighted by atomic mass is 10.1. The van der Waals surface area contributed by atoms with E-state index in [2.05, 4.69) is 0 Å². The Hall–Kier alpha value is -2.64. The lowest BCUT2D eigenvalue weighted by molar-refractivity contribution is -0.137. The number of thioether (sulfide) groups is 1. The predicted molar refractivity (Wildman–Crippen MR) is 116 cm³/mol. The SMILES string of the molecule is Cc1ccc(N2C(=O)/C(=C\c3ccc(OCCC(=O)O)cc3)SC2=S)c(C)c1. The van der Waals surface area contributed by atoms with Crippen molar-refractivity contribution in [1.82, 2.24) is 0 Å². The number of aliphatic carboxylic acids is 1. The van der Waals surface area contributed by atoms with Crippen LogP contribution >= 0.6 is 24.0 Å². The van der Waals surface area contributed by atoms with Gasteiger partial charge in [0.25, 0.3) is 5.91 Å². The molecule has 1 saturated heterocycles. The first-order chi connectivity index (χ1) is 13.3. The van der Waals surface area contributed by atoms with E-state index < -0.39 is 5.97 Å². The second kappa shape index (κ2) is 8.58. The average molecular weight is 414 g/mol. The van der Waals surface area contributed by atoms with Crippen molar-refractivity contribution in [2.24, 2.45) is 0 Å². The van der Waals surface area contributed by atoms with Gasteiger partial charge in [-0.25, -0.2) is 0 Å². The molecule has 0 aromatic heterocycles. The molecule has 5 nitrogen and oxygen atoms in total. The Morgan fingerprint density at radius 3 is 2.57 bits per heavy atom. The van der Waals surface area contributed by atoms with Crippen LogP contribution in [-0.4, -0.2) is 27.9 Å². The van der Waals surface area contributed by atoms with Crippen molar-refractivity contribution in [2.75, 3.05) is 11.5 Å². The summed E-state index contributed by atoms with van der Waals surface area (Å²) < 4.78 is 5.89. The topological polar surface area (TPSA) is 66.8 Å². The Bertz CT molecular complexity index is 967. The summed E-state index contributed by atoms with van der Waals surface area (Å²) >= 11 is 6.71. The monoisotopic (exact) mass is 413 g/mol. The summed E-state index contributed by atoms with van der Waals surface area (Å²) in [6, 6.07) is 13.0. The largest absolute Gasteiger partial charge is 0.493 e. The summed E-state index contributed by atoms with van der Waals surface area (Å²) in [7, 11) is 0. The molecule has 0 spiro atoms. The van der Waals surface area contributed by atoms with E-state index >= 15 is 0 Å². The highest BCUT2D eigenvalue weighted by Gasteiger charge is 2.33. The number of carbonyl (C=O) groups is 2. The van der Waals surface area contributed by atoms with Crippen LogP contribution in [0.1, 0.15) is 23.1 Å². The molecule has 1 amide bonds. The molecule has 1 aliphatic rings. The van der Waals surface area contributed by atoms with Gasteiger partial charge in [0.1, 0.15) is 5.75 Å². The van der Waals surface area contributed by atoms with Crippen molar-refractivity contribution in [3.8, 4) is 5.75 Å². The highest BCUT2D eigenvalue weighted by atomic mass is 32.2. The van der Waals surface area contributed by atoms with Gasteiger partial charge in [0, 0.05) is 0 Å². The number of rotatable bonds is 6. The molecule has 0 atom stereocenters. The maximum atomic E-state index is 12.9. The Labute approximate surface area is 173 Å². The van der Waals surface area contributed by atoms with Gasteiger partial charge in [-0.15, -0.1) is 0 Å². The third kappa shape index (κ3) is 4.61. The third-order valence-electron chi connectivity index (χ3n) is 4.15. The normalized spacial score (nSPS) is 15.4. The number of amides is 1. The zero-order valence-electron chi connectivity index (χ0n) is 15.5. The summed E-state index contributed by atoms with van der Waals surface area (Å²) in [4.78, 5) is 25.6. The molecule has 0 bridgehead atoms. The zero-order chi connectivity index (χ0) is 20.3. The molecule has 0 saturated carbocycles. The second-order valence-electron chi connectivity index (χ2n) is 6.37. The minimum atomic E-state index is -0.900. The van der Waals surface area contributed by atoms with Gasteiger partial charge in [0.15, 0.2) is 4.32 Å². The lowest BCUT2D eigenvalue weighted by Gasteiger charge is -2.17. The van der Waals surface area contributed by atoms with E-state index in [0.29, 0.717) is 15.0 Å². The number of carboxylic acids is 1. The number of hydrogen-bond acceptors (Lipinski definition) is 5. The van der Waals surface area contributed by atoms with Crippen LogP contribution in [-0.2, 0) is 9.59 Å². The molecule has 0 aliphatic carbocycles. The smallest absolute Gasteiger partial charge is 0.306 e. The quantitative estimate of drug-likeness (QED) is 0.553. The van der Waals surface area contributed by atoms with Crippen molar-refractivity contribution in [2.45, 2.75) is 20.3 Å². The van der Waals surface area contributed by atoms with Crippen LogP contribution in [0.4, 0.5) is 5.69 Å². The number of ether oxygens (including phenoxy) is 1. The van der Waals surface area contributed by atoms with Gasteiger partial charge in [-0.3, -0.25) is 14.5 Å². The summed E-state index contributed by atoms with van der Waals surface area (Å²) in [5, 5.41) is 8.64. The molecule has 1 aliphatic heterocycles. The van der Waals surface area contributed by atoms with E-state index in [0.717, 1.165) is 22.4 Å². The van der Waals surface area contributed by atoms with Gasteiger partial charge < -0.3 is 9.84 Å². The molecule has 0 radical (unpaired) electrons. The fraction of sp³-hybridized carbons (Fsp3) is 0.190. The fourth-order valence-corrected chi connectivity index (χ4v) is 4.08. The molecule has 7 heteroatoms. The summed E-state index contributed by atoms with van der Waals surface area (Å²) in [6.45, 7) is 4.09. The van der Waals surface area contributed by atoms with Crippen LogP contribution in [0.3, 0.4) is 0 Å². The van der Waals surface area contributed by atoms with Crippen LogP contribution in [0.15, 0.2) is 47.4 Å². The molecule has 144 valence electrons. The molecule has 0 unspecified atom stereocenters. The van der Waals surface area contributed by atoms with Gasteiger partial charge in [0.2, 0.25) is 0 Å². The van der Waals surface area contributed by atoms with Gasteiger partial charge in [-0.05, 0) is 49.2 Å². The first-order valence-corrected chi connectivity index (χ1v) is 9.87. The van der Waals surface area contributed by atoms with Gasteiger partial charge in [0.05, 0.1) is 23.6 Å². The van der Waals surface area contributed by atoms with Crippen LogP contribution < -0.4 is 9.64 Å². The van der Waals surface area contributed by atoms with E-state index in [1.165, 1.54) is 11.8 Å². The van der Waals surface area contributed by atoms with E-state index in [4.69, 9.17) is 22.1 Å². The number of aryl methyl sites for hydroxylation is 2. The highest BCUT2D eigenvalue weighted by molar-refractivity contribution is 8.27. The number of anilines is 1. The van der Waals surface area contributed by atoms with Crippen molar-refractivity contribution >= 4 is 51.9 Å². The first kappa shape index (κ1) is 20.1. The van der Waals surface area contributed by atoms with E-state index in [9.17, 15) is 9.59 Å². The Balaban J connectivity index is 1.75. The Morgan fingerprint density at radius 1 is 1.21 bits per heavy atom. The number of nitrogens with zero attached hydrogens (tertiary/aromatic N) is 1. The zero-order valence-corrected chi connectivity index (χ0v) is 17.1. The van der Waals surface area contributed by atoms with E-state index in [1.54, 1.807) is 23.1 Å². The van der Waals surface area contributed by atoms with E-state index in [-0.39, 0.29) is 18.9 Å². The van der Waals surface area contributed by atoms with Crippen molar-refractivity contribution in [3.05, 3.63) is 64.1 Å². The number of hydrogen-bond donors (Lipinski definition) is 1. The van der Waals surface area contributed by atoms with Gasteiger partial charge >= 0.3 is 5.97 Å². The molecular formula is C21H19NO4S2. The summed E-state index contributed by atoms with van der Waals surface area (Å²) in [5.74, 6) is -0.451. The van der Waals surface area contributed by atoms with Crippen LogP contribution in [0.25, 0.3) is 6.08 Å².